The van der Waals surface area contributed by atoms with E-state index in [2.05, 4.69) is 137 Å². The highest BCUT2D eigenvalue weighted by molar-refractivity contribution is 8.04. The smallest absolute Gasteiger partial charge is 0.0557 e. The fourth-order valence-electron chi connectivity index (χ4n) is 14.4. The van der Waals surface area contributed by atoms with Gasteiger partial charge in [-0.3, -0.25) is 0 Å². The van der Waals surface area contributed by atoms with E-state index in [4.69, 9.17) is 0 Å². The molecular formula is C60H74N2S. The number of nitrogens with one attached hydrogen (secondary N) is 1. The van der Waals surface area contributed by atoms with Crippen LogP contribution in [0.3, 0.4) is 0 Å². The van der Waals surface area contributed by atoms with E-state index >= 15 is 0 Å². The topological polar surface area (TPSA) is 15.3 Å². The van der Waals surface area contributed by atoms with Gasteiger partial charge in [0, 0.05) is 38.9 Å². The van der Waals surface area contributed by atoms with Crippen LogP contribution in [-0.2, 0) is 0 Å². The van der Waals surface area contributed by atoms with Gasteiger partial charge in [-0.2, -0.15) is 0 Å². The van der Waals surface area contributed by atoms with E-state index < -0.39 is 0 Å². The van der Waals surface area contributed by atoms with E-state index in [9.17, 15) is 0 Å². The number of thioether (sulfide) groups is 1. The molecule has 1 aromatic carbocycles. The molecular weight excluding hydrogens is 781 g/mol. The van der Waals surface area contributed by atoms with Crippen molar-refractivity contribution in [2.24, 2.45) is 47.3 Å². The minimum atomic E-state index is 0.417. The Labute approximate surface area is 385 Å². The van der Waals surface area contributed by atoms with Crippen LogP contribution in [0.5, 0.6) is 0 Å². The first-order chi connectivity index (χ1) is 31.2. The molecule has 0 bridgehead atoms. The van der Waals surface area contributed by atoms with Crippen molar-refractivity contribution in [1.82, 2.24) is 10.2 Å². The second-order valence-electron chi connectivity index (χ2n) is 21.1. The molecule has 0 amide bonds. The summed E-state index contributed by atoms with van der Waals surface area (Å²) in [4.78, 5) is 4.89. The maximum absolute atomic E-state index is 4.04. The van der Waals surface area contributed by atoms with Crippen molar-refractivity contribution in [2.75, 3.05) is 0 Å². The maximum atomic E-state index is 4.04. The summed E-state index contributed by atoms with van der Waals surface area (Å²) in [5, 5.41) is 4.88. The highest BCUT2D eigenvalue weighted by atomic mass is 32.2. The van der Waals surface area contributed by atoms with Crippen molar-refractivity contribution in [3.05, 3.63) is 160 Å². The van der Waals surface area contributed by atoms with Crippen molar-refractivity contribution >= 4 is 17.3 Å². The van der Waals surface area contributed by atoms with Crippen LogP contribution in [-0.4, -0.2) is 16.2 Å². The summed E-state index contributed by atoms with van der Waals surface area (Å²) in [6.45, 7) is 0. The standard InChI is InChI=1S/C60H74N2S/c1-4-18-42(19-5-1)45-23-14-24-46(40-45)47-37-39-53-55(41-47)51-30-11-10-20-43(51)21-15-27-49(61-48-25-6-2-7-26-48)38-36-44-22-16-33-56(59(44)53)62(50-28-8-3-9-29-50)57-34-17-32-54-52-31-12-13-35-58(52)63-60(54)57/h1-2,4-6,8,10-11,18-20,25,28-30,37-40,43,46-47,51-56,58,61H,3,7,9,12-17,21-24,26-27,31-36,41H2/b49-38+. The molecule has 2 fully saturated rings. The van der Waals surface area contributed by atoms with E-state index in [0.717, 1.165) is 42.8 Å². The van der Waals surface area contributed by atoms with Gasteiger partial charge < -0.3 is 10.2 Å². The van der Waals surface area contributed by atoms with E-state index in [1.165, 1.54) is 138 Å². The van der Waals surface area contributed by atoms with Crippen molar-refractivity contribution in [3.63, 3.8) is 0 Å². The van der Waals surface area contributed by atoms with Gasteiger partial charge in [0.15, 0.2) is 0 Å². The fourth-order valence-corrected chi connectivity index (χ4v) is 16.4. The number of rotatable bonds is 7. The Kier molecular flexibility index (Phi) is 12.9. The molecule has 1 aliphatic heterocycles. The van der Waals surface area contributed by atoms with Crippen molar-refractivity contribution in [1.29, 1.82) is 0 Å². The molecule has 2 nitrogen and oxygen atoms in total. The lowest BCUT2D eigenvalue weighted by atomic mass is 9.60. The van der Waals surface area contributed by atoms with Crippen molar-refractivity contribution < 1.29 is 0 Å². The fraction of sp³-hybridized carbons (Fsp3) is 0.533. The van der Waals surface area contributed by atoms with E-state index in [-0.39, 0.29) is 0 Å². The Morgan fingerprint density at radius 3 is 2.41 bits per heavy atom. The molecule has 9 aliphatic carbocycles. The van der Waals surface area contributed by atoms with Gasteiger partial charge in [0.25, 0.3) is 0 Å². The van der Waals surface area contributed by atoms with Crippen LogP contribution >= 0.6 is 11.8 Å². The Bertz CT molecular complexity index is 2180. The van der Waals surface area contributed by atoms with Gasteiger partial charge in [0.05, 0.1) is 6.04 Å². The zero-order chi connectivity index (χ0) is 42.0. The molecule has 0 aromatic heterocycles. The largest absolute Gasteiger partial charge is 0.363 e. The van der Waals surface area contributed by atoms with Gasteiger partial charge in [-0.25, -0.2) is 0 Å². The van der Waals surface area contributed by atoms with Crippen LogP contribution in [0.25, 0.3) is 5.57 Å². The van der Waals surface area contributed by atoms with Crippen molar-refractivity contribution in [3.8, 4) is 0 Å². The van der Waals surface area contributed by atoms with Crippen molar-refractivity contribution in [2.45, 2.75) is 153 Å². The van der Waals surface area contributed by atoms with E-state index in [1.807, 2.05) is 10.5 Å². The first-order valence-corrected chi connectivity index (χ1v) is 27.0. The highest BCUT2D eigenvalue weighted by Gasteiger charge is 2.48. The molecule has 63 heavy (non-hydrogen) atoms. The molecule has 10 aliphatic rings. The lowest BCUT2D eigenvalue weighted by Crippen LogP contribution is -2.44. The molecule has 1 N–H and O–H groups in total. The third-order valence-corrected chi connectivity index (χ3v) is 19.1. The van der Waals surface area contributed by atoms with E-state index in [0.29, 0.717) is 41.5 Å². The zero-order valence-electron chi connectivity index (χ0n) is 38.2. The van der Waals surface area contributed by atoms with Crippen LogP contribution in [0.1, 0.15) is 147 Å². The summed E-state index contributed by atoms with van der Waals surface area (Å²) in [6, 6.07) is 11.7. The lowest BCUT2D eigenvalue weighted by Gasteiger charge is -2.49. The molecule has 11 rings (SSSR count). The third-order valence-electron chi connectivity index (χ3n) is 17.4. The molecule has 330 valence electrons. The maximum Gasteiger partial charge on any atom is 0.0557 e. The van der Waals surface area contributed by atoms with E-state index in [1.54, 1.807) is 16.8 Å². The number of benzene rings is 1. The first-order valence-electron chi connectivity index (χ1n) is 26.1. The molecule has 1 saturated heterocycles. The second-order valence-corrected chi connectivity index (χ2v) is 22.3. The number of fused-ring (bicyclic) bond motifs is 7. The number of hydrogen-bond donors (Lipinski definition) is 1. The van der Waals surface area contributed by atoms with Gasteiger partial charge >= 0.3 is 0 Å². The number of nitrogens with zero attached hydrogens (tertiary/aromatic N) is 1. The first kappa shape index (κ1) is 42.0. The highest BCUT2D eigenvalue weighted by Crippen LogP contribution is 2.59. The Morgan fingerprint density at radius 1 is 0.635 bits per heavy atom. The minimum absolute atomic E-state index is 0.417. The molecule has 0 spiro atoms. The van der Waals surface area contributed by atoms with Gasteiger partial charge in [0.1, 0.15) is 0 Å². The average Bonchev–Trinajstić information content (AvgIpc) is 3.74. The third kappa shape index (κ3) is 8.88. The quantitative estimate of drug-likeness (QED) is 0.275. The summed E-state index contributed by atoms with van der Waals surface area (Å²) in [5.41, 5.74) is 12.8. The van der Waals surface area contributed by atoms with Gasteiger partial charge in [-0.1, -0.05) is 122 Å². The van der Waals surface area contributed by atoms with Gasteiger partial charge in [-0.05, 0) is 199 Å². The summed E-state index contributed by atoms with van der Waals surface area (Å²) >= 11 is 2.37. The predicted octanol–water partition coefficient (Wildman–Crippen LogP) is 16.0. The Morgan fingerprint density at radius 2 is 1.51 bits per heavy atom. The predicted molar refractivity (Wildman–Crippen MR) is 268 cm³/mol. The van der Waals surface area contributed by atoms with Gasteiger partial charge in [0.2, 0.25) is 0 Å². The molecule has 10 atom stereocenters. The summed E-state index contributed by atoms with van der Waals surface area (Å²) < 4.78 is 0. The zero-order valence-corrected chi connectivity index (χ0v) is 39.0. The summed E-state index contributed by atoms with van der Waals surface area (Å²) in [6.07, 6.45) is 63.9. The molecule has 1 saturated carbocycles. The molecule has 10 unspecified atom stereocenters. The Hall–Kier alpha value is -3.69. The average molecular weight is 855 g/mol. The summed E-state index contributed by atoms with van der Waals surface area (Å²) in [5.74, 6) is 5.12. The summed E-state index contributed by atoms with van der Waals surface area (Å²) in [7, 11) is 0. The van der Waals surface area contributed by atoms with Crippen LogP contribution < -0.4 is 5.32 Å². The minimum Gasteiger partial charge on any atom is -0.363 e. The van der Waals surface area contributed by atoms with Gasteiger partial charge in [-0.15, -0.1) is 11.8 Å². The number of allylic oxidation sites excluding steroid dienone is 20. The second kappa shape index (κ2) is 19.4. The van der Waals surface area contributed by atoms with Crippen LogP contribution in [0.15, 0.2) is 154 Å². The molecule has 3 heteroatoms. The van der Waals surface area contributed by atoms with Crippen LogP contribution in [0.4, 0.5) is 0 Å². The number of hydrogen-bond acceptors (Lipinski definition) is 3. The normalized spacial score (nSPS) is 36.2. The molecule has 1 heterocycles. The molecule has 0 radical (unpaired) electrons. The molecule has 1 aromatic rings. The SMILES string of the molecule is C1=CCCC(N/C2=C/CC3=C(C4C=CC(C5C=C(c6ccccc6)CCC5)CC4C4C=CC=CC4CCC2)C(N(C2=CCCC=C2)C2=C4SC5CCCCC5C4CCC2)CCC3)=C1. The lowest BCUT2D eigenvalue weighted by molar-refractivity contribution is 0.177. The Balaban J connectivity index is 1.04. The monoisotopic (exact) mass is 855 g/mol. The van der Waals surface area contributed by atoms with Crippen LogP contribution in [0.2, 0.25) is 0 Å². The van der Waals surface area contributed by atoms with Crippen LogP contribution in [0, 0.1) is 47.3 Å².